The van der Waals surface area contributed by atoms with Crippen molar-refractivity contribution in [3.8, 4) is 18.1 Å². The predicted molar refractivity (Wildman–Crippen MR) is 73.7 cm³/mol. The quantitative estimate of drug-likeness (QED) is 0.791. The Labute approximate surface area is 113 Å². The summed E-state index contributed by atoms with van der Waals surface area (Å²) in [6.07, 6.45) is 3.92. The number of benzene rings is 1. The van der Waals surface area contributed by atoms with Crippen LogP contribution >= 0.6 is 0 Å². The van der Waals surface area contributed by atoms with E-state index in [1.165, 1.54) is 0 Å². The molecule has 102 valence electrons. The van der Waals surface area contributed by atoms with Crippen molar-refractivity contribution in [1.29, 1.82) is 0 Å². The molecule has 0 saturated carbocycles. The molecule has 0 aromatic heterocycles. The lowest BCUT2D eigenvalue weighted by atomic mass is 10.1. The molecule has 0 spiro atoms. The van der Waals surface area contributed by atoms with Crippen LogP contribution in [-0.4, -0.2) is 23.7 Å². The van der Waals surface area contributed by atoms with Gasteiger partial charge in [-0.15, -0.1) is 6.42 Å². The zero-order valence-electron chi connectivity index (χ0n) is 11.4. The van der Waals surface area contributed by atoms with E-state index in [0.29, 0.717) is 5.75 Å². The van der Waals surface area contributed by atoms with Crippen molar-refractivity contribution in [2.75, 3.05) is 6.54 Å². The lowest BCUT2D eigenvalue weighted by molar-refractivity contribution is -0.127. The molecule has 1 aromatic carbocycles. The molecule has 0 bridgehead atoms. The molecular weight excluding hydrogens is 242 g/mol. The molecule has 4 nitrogen and oxygen atoms in total. The number of ether oxygens (including phenoxy) is 1. The number of terminal acetylenes is 1. The van der Waals surface area contributed by atoms with Crippen LogP contribution < -0.4 is 10.1 Å². The highest BCUT2D eigenvalue weighted by atomic mass is 16.5. The predicted octanol–water partition coefficient (Wildman–Crippen LogP) is 1.57. The maximum absolute atomic E-state index is 11.6. The van der Waals surface area contributed by atoms with E-state index < -0.39 is 12.2 Å². The molecular formula is C15H19NO3. The van der Waals surface area contributed by atoms with E-state index in [9.17, 15) is 9.90 Å². The van der Waals surface area contributed by atoms with Gasteiger partial charge in [-0.05, 0) is 44.0 Å². The molecule has 1 unspecified atom stereocenters. The van der Waals surface area contributed by atoms with Gasteiger partial charge in [0.2, 0.25) is 0 Å². The first-order valence-electron chi connectivity index (χ1n) is 6.12. The summed E-state index contributed by atoms with van der Waals surface area (Å²) in [5.74, 6) is 2.70. The number of nitrogens with one attached hydrogen (secondary N) is 1. The first kappa shape index (κ1) is 15.1. The lowest BCUT2D eigenvalue weighted by Crippen LogP contribution is -2.36. The van der Waals surface area contributed by atoms with Gasteiger partial charge >= 0.3 is 0 Å². The molecule has 1 amide bonds. The second-order valence-corrected chi connectivity index (χ2v) is 4.38. The Morgan fingerprint density at radius 1 is 1.53 bits per heavy atom. The van der Waals surface area contributed by atoms with E-state index in [-0.39, 0.29) is 12.5 Å². The van der Waals surface area contributed by atoms with Gasteiger partial charge in [0, 0.05) is 0 Å². The summed E-state index contributed by atoms with van der Waals surface area (Å²) in [5.41, 5.74) is 1.68. The molecule has 1 rings (SSSR count). The van der Waals surface area contributed by atoms with Gasteiger partial charge < -0.3 is 15.2 Å². The summed E-state index contributed by atoms with van der Waals surface area (Å²) in [5, 5.41) is 12.0. The summed E-state index contributed by atoms with van der Waals surface area (Å²) in [4.78, 5) is 11.6. The molecule has 19 heavy (non-hydrogen) atoms. The van der Waals surface area contributed by atoms with Crippen molar-refractivity contribution in [1.82, 2.24) is 5.32 Å². The molecule has 0 radical (unpaired) electrons. The van der Waals surface area contributed by atoms with Crippen molar-refractivity contribution in [2.45, 2.75) is 33.0 Å². The van der Waals surface area contributed by atoms with Crippen LogP contribution in [0.25, 0.3) is 0 Å². The smallest absolute Gasteiger partial charge is 0.261 e. The highest BCUT2D eigenvalue weighted by Crippen LogP contribution is 2.23. The zero-order valence-corrected chi connectivity index (χ0v) is 11.4. The summed E-state index contributed by atoms with van der Waals surface area (Å²) in [7, 11) is 0. The van der Waals surface area contributed by atoms with Crippen molar-refractivity contribution < 1.29 is 14.6 Å². The number of aliphatic hydroxyl groups is 1. The summed E-state index contributed by atoms with van der Waals surface area (Å²) in [6, 6.07) is 5.37. The molecule has 0 saturated heterocycles. The van der Waals surface area contributed by atoms with Crippen LogP contribution in [0.4, 0.5) is 0 Å². The zero-order chi connectivity index (χ0) is 14.4. The number of aliphatic hydroxyl groups excluding tert-OH is 1. The Morgan fingerprint density at radius 3 is 2.74 bits per heavy atom. The van der Waals surface area contributed by atoms with Gasteiger partial charge in [0.25, 0.3) is 5.91 Å². The Kier molecular flexibility index (Phi) is 5.40. The second-order valence-electron chi connectivity index (χ2n) is 4.38. The Hall–Kier alpha value is -1.99. The van der Waals surface area contributed by atoms with Gasteiger partial charge in [-0.1, -0.05) is 12.0 Å². The molecule has 1 aromatic rings. The van der Waals surface area contributed by atoms with E-state index in [1.54, 1.807) is 26.0 Å². The lowest BCUT2D eigenvalue weighted by Gasteiger charge is -2.16. The number of amides is 1. The average molecular weight is 261 g/mol. The number of rotatable bonds is 5. The van der Waals surface area contributed by atoms with Crippen LogP contribution in [0.15, 0.2) is 18.2 Å². The first-order chi connectivity index (χ1) is 8.95. The third-order valence-electron chi connectivity index (χ3n) is 2.72. The molecule has 2 N–H and O–H groups in total. The van der Waals surface area contributed by atoms with Crippen molar-refractivity contribution in [3.63, 3.8) is 0 Å². The minimum atomic E-state index is -0.621. The average Bonchev–Trinajstić information content (AvgIpc) is 2.37. The van der Waals surface area contributed by atoms with Crippen LogP contribution in [0.3, 0.4) is 0 Å². The minimum absolute atomic E-state index is 0.187. The Balaban J connectivity index is 2.72. The van der Waals surface area contributed by atoms with Gasteiger partial charge in [-0.3, -0.25) is 4.79 Å². The molecule has 0 heterocycles. The number of carbonyl (C=O) groups is 1. The number of carbonyl (C=O) groups excluding carboxylic acids is 1. The monoisotopic (exact) mass is 261 g/mol. The normalized spacial score (nSPS) is 13.2. The van der Waals surface area contributed by atoms with Gasteiger partial charge in [-0.25, -0.2) is 0 Å². The van der Waals surface area contributed by atoms with Crippen molar-refractivity contribution >= 4 is 5.91 Å². The van der Waals surface area contributed by atoms with E-state index >= 15 is 0 Å². The van der Waals surface area contributed by atoms with E-state index in [0.717, 1.165) is 11.1 Å². The molecule has 4 heteroatoms. The topological polar surface area (TPSA) is 58.6 Å². The highest BCUT2D eigenvalue weighted by molar-refractivity contribution is 5.80. The summed E-state index contributed by atoms with van der Waals surface area (Å²) in [6.45, 7) is 5.42. The standard InChI is InChI=1S/C15H19NO3/c1-5-8-16-15(18)12(4)19-14-7-6-13(11(3)17)9-10(14)2/h1,6-7,9,11-12,17H,8H2,2-4H3,(H,16,18)/t11-,12?/m1/s1. The van der Waals surface area contributed by atoms with Crippen molar-refractivity contribution in [3.05, 3.63) is 29.3 Å². The van der Waals surface area contributed by atoms with Crippen LogP contribution in [0.1, 0.15) is 31.1 Å². The largest absolute Gasteiger partial charge is 0.481 e. The van der Waals surface area contributed by atoms with Gasteiger partial charge in [-0.2, -0.15) is 0 Å². The van der Waals surface area contributed by atoms with Crippen LogP contribution in [0.2, 0.25) is 0 Å². The van der Waals surface area contributed by atoms with Gasteiger partial charge in [0.05, 0.1) is 12.6 Å². The molecule has 0 fully saturated rings. The molecule has 2 atom stereocenters. The van der Waals surface area contributed by atoms with E-state index in [1.807, 2.05) is 13.0 Å². The fourth-order valence-electron chi connectivity index (χ4n) is 1.59. The Morgan fingerprint density at radius 2 is 2.21 bits per heavy atom. The fraction of sp³-hybridized carbons (Fsp3) is 0.400. The maximum Gasteiger partial charge on any atom is 0.261 e. The van der Waals surface area contributed by atoms with E-state index in [4.69, 9.17) is 11.2 Å². The molecule has 0 aliphatic rings. The van der Waals surface area contributed by atoms with Crippen LogP contribution in [-0.2, 0) is 4.79 Å². The first-order valence-corrected chi connectivity index (χ1v) is 6.12. The molecule has 0 aliphatic heterocycles. The summed E-state index contributed by atoms with van der Waals surface area (Å²) < 4.78 is 5.58. The van der Waals surface area contributed by atoms with E-state index in [2.05, 4.69) is 11.2 Å². The third kappa shape index (κ3) is 4.31. The fourth-order valence-corrected chi connectivity index (χ4v) is 1.59. The van der Waals surface area contributed by atoms with Gasteiger partial charge in [0.1, 0.15) is 5.75 Å². The second kappa shape index (κ2) is 6.81. The summed E-state index contributed by atoms with van der Waals surface area (Å²) >= 11 is 0. The SMILES string of the molecule is C#CCNC(=O)C(C)Oc1ccc([C@@H](C)O)cc1C. The minimum Gasteiger partial charge on any atom is -0.481 e. The van der Waals surface area contributed by atoms with Gasteiger partial charge in [0.15, 0.2) is 6.10 Å². The van der Waals surface area contributed by atoms with Crippen LogP contribution in [0, 0.1) is 19.3 Å². The third-order valence-corrected chi connectivity index (χ3v) is 2.72. The number of hydrogen-bond acceptors (Lipinski definition) is 3. The number of aryl methyl sites for hydroxylation is 1. The maximum atomic E-state index is 11.6. The highest BCUT2D eigenvalue weighted by Gasteiger charge is 2.15. The molecule has 0 aliphatic carbocycles. The number of hydrogen-bond donors (Lipinski definition) is 2. The Bertz CT molecular complexity index is 489. The van der Waals surface area contributed by atoms with Crippen LogP contribution in [0.5, 0.6) is 5.75 Å². The van der Waals surface area contributed by atoms with Crippen molar-refractivity contribution in [2.24, 2.45) is 0 Å².